The molecule has 2 amide bonds. The van der Waals surface area contributed by atoms with Crippen molar-refractivity contribution in [3.63, 3.8) is 0 Å². The molecule has 5 nitrogen and oxygen atoms in total. The lowest BCUT2D eigenvalue weighted by Crippen LogP contribution is -2.19. The quantitative estimate of drug-likeness (QED) is 0.676. The Labute approximate surface area is 148 Å². The fraction of sp³-hybridized carbons (Fsp3) is 0.118. The first kappa shape index (κ1) is 16.5. The van der Waals surface area contributed by atoms with Crippen molar-refractivity contribution in [3.8, 4) is 0 Å². The molecule has 0 spiro atoms. The zero-order valence-electron chi connectivity index (χ0n) is 12.8. The highest BCUT2D eigenvalue weighted by Gasteiger charge is 2.08. The first-order valence-electron chi connectivity index (χ1n) is 7.37. The van der Waals surface area contributed by atoms with Gasteiger partial charge in [0.25, 0.3) is 0 Å². The second kappa shape index (κ2) is 8.47. The molecule has 0 saturated heterocycles. The zero-order chi connectivity index (χ0) is 16.6. The number of nitrogens with zero attached hydrogens (tertiary/aromatic N) is 2. The van der Waals surface area contributed by atoms with Crippen LogP contribution < -0.4 is 10.6 Å². The van der Waals surface area contributed by atoms with Gasteiger partial charge in [-0.25, -0.2) is 4.79 Å². The average Bonchev–Trinajstić information content (AvgIpc) is 3.04. The predicted octanol–water partition coefficient (Wildman–Crippen LogP) is 4.62. The minimum atomic E-state index is -0.319. The molecule has 0 aliphatic carbocycles. The van der Waals surface area contributed by atoms with Crippen LogP contribution >= 0.6 is 23.1 Å². The molecule has 24 heavy (non-hydrogen) atoms. The van der Waals surface area contributed by atoms with Gasteiger partial charge in [-0.3, -0.25) is 5.32 Å². The van der Waals surface area contributed by atoms with Crippen LogP contribution in [-0.2, 0) is 11.5 Å². The lowest BCUT2D eigenvalue weighted by Gasteiger charge is -2.03. The van der Waals surface area contributed by atoms with E-state index in [9.17, 15) is 4.79 Å². The van der Waals surface area contributed by atoms with E-state index in [0.717, 1.165) is 22.2 Å². The number of anilines is 2. The van der Waals surface area contributed by atoms with Gasteiger partial charge in [0.1, 0.15) is 5.01 Å². The van der Waals surface area contributed by atoms with Gasteiger partial charge in [0.15, 0.2) is 0 Å². The summed E-state index contributed by atoms with van der Waals surface area (Å²) in [5, 5.41) is 15.0. The molecule has 7 heteroatoms. The third kappa shape index (κ3) is 5.07. The maximum Gasteiger partial charge on any atom is 0.325 e. The highest BCUT2D eigenvalue weighted by Crippen LogP contribution is 2.22. The van der Waals surface area contributed by atoms with E-state index in [1.807, 2.05) is 48.5 Å². The molecule has 0 radical (unpaired) electrons. The molecule has 0 unspecified atom stereocenters. The van der Waals surface area contributed by atoms with Crippen LogP contribution in [0.2, 0.25) is 0 Å². The number of thioether (sulfide) groups is 1. The van der Waals surface area contributed by atoms with E-state index in [0.29, 0.717) is 5.13 Å². The lowest BCUT2D eigenvalue weighted by molar-refractivity contribution is 0.262. The summed E-state index contributed by atoms with van der Waals surface area (Å²) in [6.07, 6.45) is 0. The van der Waals surface area contributed by atoms with Gasteiger partial charge in [0, 0.05) is 17.2 Å². The largest absolute Gasteiger partial charge is 0.325 e. The Bertz CT molecular complexity index is 778. The number of urea groups is 1. The van der Waals surface area contributed by atoms with Crippen LogP contribution in [0.15, 0.2) is 60.7 Å². The lowest BCUT2D eigenvalue weighted by atomic mass is 10.2. The molecular weight excluding hydrogens is 340 g/mol. The smallest absolute Gasteiger partial charge is 0.308 e. The van der Waals surface area contributed by atoms with Gasteiger partial charge in [-0.05, 0) is 17.7 Å². The molecular formula is C17H16N4OS2. The molecule has 0 aliphatic heterocycles. The van der Waals surface area contributed by atoms with Crippen LogP contribution in [0.4, 0.5) is 15.6 Å². The van der Waals surface area contributed by atoms with Gasteiger partial charge in [0.05, 0.1) is 0 Å². The Balaban J connectivity index is 1.46. The number of hydrogen-bond acceptors (Lipinski definition) is 5. The highest BCUT2D eigenvalue weighted by atomic mass is 32.2. The summed E-state index contributed by atoms with van der Waals surface area (Å²) in [5.41, 5.74) is 2.02. The maximum atomic E-state index is 11.9. The van der Waals surface area contributed by atoms with Crippen LogP contribution in [-0.4, -0.2) is 16.2 Å². The van der Waals surface area contributed by atoms with Crippen molar-refractivity contribution in [2.24, 2.45) is 0 Å². The number of rotatable bonds is 6. The average molecular weight is 356 g/mol. The van der Waals surface area contributed by atoms with E-state index in [1.54, 1.807) is 11.8 Å². The first-order valence-corrected chi connectivity index (χ1v) is 9.34. The van der Waals surface area contributed by atoms with E-state index in [2.05, 4.69) is 33.0 Å². The summed E-state index contributed by atoms with van der Waals surface area (Å²) in [7, 11) is 0. The molecule has 0 aliphatic rings. The normalized spacial score (nSPS) is 10.3. The van der Waals surface area contributed by atoms with Crippen molar-refractivity contribution in [1.82, 2.24) is 10.2 Å². The van der Waals surface area contributed by atoms with Crippen LogP contribution in [0.25, 0.3) is 0 Å². The third-order valence-corrected chi connectivity index (χ3v) is 5.09. The van der Waals surface area contributed by atoms with E-state index in [4.69, 9.17) is 0 Å². The SMILES string of the molecule is O=C(Nc1ccccc1)Nc1nnc(CSCc2ccccc2)s1. The van der Waals surface area contributed by atoms with Crippen molar-refractivity contribution in [2.75, 3.05) is 10.6 Å². The molecule has 0 atom stereocenters. The number of amides is 2. The summed E-state index contributed by atoms with van der Waals surface area (Å²) in [4.78, 5) is 11.9. The fourth-order valence-electron chi connectivity index (χ4n) is 1.97. The molecule has 2 N–H and O–H groups in total. The van der Waals surface area contributed by atoms with Gasteiger partial charge in [0.2, 0.25) is 5.13 Å². The van der Waals surface area contributed by atoms with Crippen LogP contribution in [0.3, 0.4) is 0 Å². The molecule has 0 saturated carbocycles. The Morgan fingerprint density at radius 2 is 1.62 bits per heavy atom. The molecule has 1 heterocycles. The monoisotopic (exact) mass is 356 g/mol. The molecule has 3 rings (SSSR count). The summed E-state index contributed by atoms with van der Waals surface area (Å²) < 4.78 is 0. The number of para-hydroxylation sites is 1. The molecule has 2 aromatic carbocycles. The maximum absolute atomic E-state index is 11.9. The molecule has 0 bridgehead atoms. The minimum absolute atomic E-state index is 0.319. The van der Waals surface area contributed by atoms with Crippen molar-refractivity contribution >= 4 is 39.9 Å². The number of nitrogens with one attached hydrogen (secondary N) is 2. The second-order valence-electron chi connectivity index (χ2n) is 4.92. The number of benzene rings is 2. The second-order valence-corrected chi connectivity index (χ2v) is 6.97. The summed E-state index contributed by atoms with van der Waals surface area (Å²) in [5.74, 6) is 1.70. The van der Waals surface area contributed by atoms with Crippen LogP contribution in [0.5, 0.6) is 0 Å². The number of carbonyl (C=O) groups excluding carboxylic acids is 1. The first-order chi connectivity index (χ1) is 11.8. The van der Waals surface area contributed by atoms with Gasteiger partial charge < -0.3 is 5.32 Å². The summed E-state index contributed by atoms with van der Waals surface area (Å²) in [6.45, 7) is 0. The van der Waals surface area contributed by atoms with E-state index < -0.39 is 0 Å². The van der Waals surface area contributed by atoms with Crippen molar-refractivity contribution in [3.05, 3.63) is 71.2 Å². The predicted molar refractivity (Wildman–Crippen MR) is 100 cm³/mol. The molecule has 3 aromatic rings. The topological polar surface area (TPSA) is 66.9 Å². The Kier molecular flexibility index (Phi) is 5.81. The van der Waals surface area contributed by atoms with E-state index in [-0.39, 0.29) is 6.03 Å². The highest BCUT2D eigenvalue weighted by molar-refractivity contribution is 7.97. The zero-order valence-corrected chi connectivity index (χ0v) is 14.4. The Morgan fingerprint density at radius 1 is 0.917 bits per heavy atom. The summed E-state index contributed by atoms with van der Waals surface area (Å²) >= 11 is 3.17. The third-order valence-electron chi connectivity index (χ3n) is 3.06. The van der Waals surface area contributed by atoms with Crippen LogP contribution in [0, 0.1) is 0 Å². The van der Waals surface area contributed by atoms with Gasteiger partial charge in [-0.2, -0.15) is 0 Å². The molecule has 1 aromatic heterocycles. The Morgan fingerprint density at radius 3 is 2.38 bits per heavy atom. The standard InChI is InChI=1S/C17H16N4OS2/c22-16(18-14-9-5-2-6-10-14)19-17-21-20-15(24-17)12-23-11-13-7-3-1-4-8-13/h1-10H,11-12H2,(H2,18,19,21,22). The Hall–Kier alpha value is -2.38. The van der Waals surface area contributed by atoms with Crippen molar-refractivity contribution in [1.29, 1.82) is 0 Å². The van der Waals surface area contributed by atoms with Crippen LogP contribution in [0.1, 0.15) is 10.6 Å². The molecule has 0 fully saturated rings. The van der Waals surface area contributed by atoms with Gasteiger partial charge in [-0.1, -0.05) is 59.9 Å². The van der Waals surface area contributed by atoms with E-state index in [1.165, 1.54) is 16.9 Å². The number of aromatic nitrogens is 2. The van der Waals surface area contributed by atoms with Crippen molar-refractivity contribution < 1.29 is 4.79 Å². The molecule has 122 valence electrons. The summed E-state index contributed by atoms with van der Waals surface area (Å²) in [6, 6.07) is 19.2. The minimum Gasteiger partial charge on any atom is -0.308 e. The number of carbonyl (C=O) groups is 1. The van der Waals surface area contributed by atoms with E-state index >= 15 is 0 Å². The van der Waals surface area contributed by atoms with Gasteiger partial charge in [-0.15, -0.1) is 22.0 Å². The fourth-order valence-corrected chi connectivity index (χ4v) is 3.75. The number of hydrogen-bond donors (Lipinski definition) is 2. The van der Waals surface area contributed by atoms with Gasteiger partial charge >= 0.3 is 6.03 Å². The van der Waals surface area contributed by atoms with Crippen molar-refractivity contribution in [2.45, 2.75) is 11.5 Å².